The summed E-state index contributed by atoms with van der Waals surface area (Å²) < 4.78 is 0. The monoisotopic (exact) mass is 454 g/mol. The van der Waals surface area contributed by atoms with Crippen LogP contribution in [0, 0.1) is 0 Å². The van der Waals surface area contributed by atoms with Crippen LogP contribution in [0.1, 0.15) is 31.0 Å². The maximum Gasteiger partial charge on any atom is 0.255 e. The van der Waals surface area contributed by atoms with Gasteiger partial charge in [0, 0.05) is 37.1 Å². The first-order valence-electron chi connectivity index (χ1n) is 11.4. The van der Waals surface area contributed by atoms with Crippen LogP contribution in [0.25, 0.3) is 11.1 Å². The van der Waals surface area contributed by atoms with E-state index >= 15 is 0 Å². The molecule has 2 aromatic heterocycles. The van der Waals surface area contributed by atoms with Crippen LogP contribution in [0.5, 0.6) is 0 Å². The molecule has 2 atom stereocenters. The summed E-state index contributed by atoms with van der Waals surface area (Å²) in [5.74, 6) is 1.27. The number of hydrogen-bond acceptors (Lipinski definition) is 6. The zero-order valence-corrected chi connectivity index (χ0v) is 19.7. The Bertz CT molecular complexity index is 1300. The first-order chi connectivity index (χ1) is 16.4. The molecule has 4 N–H and O–H groups in total. The molecule has 7 nitrogen and oxygen atoms in total. The van der Waals surface area contributed by atoms with Gasteiger partial charge in [0.05, 0.1) is 5.69 Å². The molecule has 0 aliphatic heterocycles. The van der Waals surface area contributed by atoms with Crippen molar-refractivity contribution in [2.75, 3.05) is 17.3 Å². The number of hydrogen-bond donors (Lipinski definition) is 3. The molecule has 2 aromatic carbocycles. The highest BCUT2D eigenvalue weighted by molar-refractivity contribution is 5.69. The van der Waals surface area contributed by atoms with Gasteiger partial charge in [-0.1, -0.05) is 54.6 Å². The summed E-state index contributed by atoms with van der Waals surface area (Å²) >= 11 is 0. The zero-order valence-electron chi connectivity index (χ0n) is 19.7. The van der Waals surface area contributed by atoms with Crippen molar-refractivity contribution in [1.82, 2.24) is 15.0 Å². The van der Waals surface area contributed by atoms with Crippen molar-refractivity contribution in [2.24, 2.45) is 5.73 Å². The standard InChI is InChI=1S/C27H30N6O/c1-18(14-20-8-7-11-22(15-20)19(2)28)31-27-29-13-12-25(32-27)33(3)23-16-24(26(34)30-17-23)21-9-5-4-6-10-21/h4-13,15-19H,14,28H2,1-3H3,(H,30,34)(H,29,31,32)/t18-,19-/m0/s1. The maximum absolute atomic E-state index is 12.4. The minimum Gasteiger partial charge on any atom is -0.351 e. The molecular formula is C27H30N6O. The third kappa shape index (κ3) is 5.50. The van der Waals surface area contributed by atoms with E-state index in [2.05, 4.69) is 40.4 Å². The SMILES string of the molecule is C[C@H](N)c1cccc(C[C@H](C)Nc2nccc(N(C)c3c[nH]c(=O)c(-c4ccccc4)c3)n2)c1. The van der Waals surface area contributed by atoms with Crippen LogP contribution in [0.2, 0.25) is 0 Å². The Hall–Kier alpha value is -3.97. The summed E-state index contributed by atoms with van der Waals surface area (Å²) in [6, 6.07) is 21.8. The maximum atomic E-state index is 12.4. The molecule has 4 aromatic rings. The molecule has 0 aliphatic rings. The first kappa shape index (κ1) is 23.2. The minimum atomic E-state index is -0.129. The molecule has 34 heavy (non-hydrogen) atoms. The molecule has 0 saturated heterocycles. The lowest BCUT2D eigenvalue weighted by atomic mass is 10.0. The third-order valence-corrected chi connectivity index (χ3v) is 5.74. The summed E-state index contributed by atoms with van der Waals surface area (Å²) in [4.78, 5) is 26.2. The fourth-order valence-electron chi connectivity index (χ4n) is 3.86. The largest absolute Gasteiger partial charge is 0.351 e. The van der Waals surface area contributed by atoms with Gasteiger partial charge in [-0.15, -0.1) is 0 Å². The number of H-pyrrole nitrogens is 1. The Morgan fingerprint density at radius 3 is 2.62 bits per heavy atom. The number of anilines is 3. The van der Waals surface area contributed by atoms with Crippen LogP contribution in [0.4, 0.5) is 17.5 Å². The van der Waals surface area contributed by atoms with Crippen molar-refractivity contribution in [1.29, 1.82) is 0 Å². The Kier molecular flexibility index (Phi) is 7.04. The van der Waals surface area contributed by atoms with Crippen LogP contribution < -0.4 is 21.5 Å². The van der Waals surface area contributed by atoms with E-state index in [1.165, 1.54) is 5.56 Å². The van der Waals surface area contributed by atoms with Crippen molar-refractivity contribution >= 4 is 17.5 Å². The van der Waals surface area contributed by atoms with E-state index in [1.54, 1.807) is 12.4 Å². The quantitative estimate of drug-likeness (QED) is 0.358. The highest BCUT2D eigenvalue weighted by Gasteiger charge is 2.12. The van der Waals surface area contributed by atoms with Crippen molar-refractivity contribution in [3.05, 3.63) is 101 Å². The molecule has 0 spiro atoms. The fraction of sp³-hybridized carbons (Fsp3) is 0.222. The molecule has 0 unspecified atom stereocenters. The number of nitrogens with two attached hydrogens (primary N) is 1. The van der Waals surface area contributed by atoms with Gasteiger partial charge in [-0.05, 0) is 49.1 Å². The Morgan fingerprint density at radius 2 is 1.85 bits per heavy atom. The van der Waals surface area contributed by atoms with Gasteiger partial charge in [-0.25, -0.2) is 4.98 Å². The number of rotatable bonds is 8. The zero-order chi connectivity index (χ0) is 24.1. The number of nitrogens with one attached hydrogen (secondary N) is 2. The predicted octanol–water partition coefficient (Wildman–Crippen LogP) is 4.66. The van der Waals surface area contributed by atoms with Gasteiger partial charge in [-0.2, -0.15) is 4.98 Å². The molecule has 4 rings (SSSR count). The Balaban J connectivity index is 1.50. The van der Waals surface area contributed by atoms with Gasteiger partial charge in [-0.3, -0.25) is 4.79 Å². The molecule has 0 saturated carbocycles. The van der Waals surface area contributed by atoms with Gasteiger partial charge in [0.25, 0.3) is 5.56 Å². The summed E-state index contributed by atoms with van der Waals surface area (Å²) in [6.07, 6.45) is 4.25. The van der Waals surface area contributed by atoms with E-state index < -0.39 is 0 Å². The lowest BCUT2D eigenvalue weighted by Crippen LogP contribution is -2.21. The van der Waals surface area contributed by atoms with E-state index in [0.29, 0.717) is 11.5 Å². The molecule has 174 valence electrons. The first-order valence-corrected chi connectivity index (χ1v) is 11.4. The molecule has 2 heterocycles. The van der Waals surface area contributed by atoms with E-state index in [0.717, 1.165) is 29.1 Å². The Labute approximate surface area is 199 Å². The summed E-state index contributed by atoms with van der Waals surface area (Å²) in [5, 5.41) is 3.39. The molecule has 0 radical (unpaired) electrons. The van der Waals surface area contributed by atoms with Crippen molar-refractivity contribution in [3.8, 4) is 11.1 Å². The van der Waals surface area contributed by atoms with Crippen molar-refractivity contribution in [2.45, 2.75) is 32.4 Å². The second-order valence-electron chi connectivity index (χ2n) is 8.55. The lowest BCUT2D eigenvalue weighted by molar-refractivity contribution is 0.768. The van der Waals surface area contributed by atoms with Crippen LogP contribution >= 0.6 is 0 Å². The average molecular weight is 455 g/mol. The molecular weight excluding hydrogens is 424 g/mol. The number of aromatic nitrogens is 3. The smallest absolute Gasteiger partial charge is 0.255 e. The van der Waals surface area contributed by atoms with Crippen molar-refractivity contribution < 1.29 is 0 Å². The topological polar surface area (TPSA) is 99.9 Å². The highest BCUT2D eigenvalue weighted by atomic mass is 16.1. The molecule has 0 amide bonds. The second kappa shape index (κ2) is 10.3. The second-order valence-corrected chi connectivity index (χ2v) is 8.55. The number of benzene rings is 2. The van der Waals surface area contributed by atoms with Gasteiger partial charge < -0.3 is 20.9 Å². The van der Waals surface area contributed by atoms with E-state index in [1.807, 2.05) is 67.4 Å². The number of pyridine rings is 1. The molecule has 0 aliphatic carbocycles. The molecule has 0 fully saturated rings. The van der Waals surface area contributed by atoms with E-state index in [-0.39, 0.29) is 17.6 Å². The summed E-state index contributed by atoms with van der Waals surface area (Å²) in [5.41, 5.74) is 10.5. The highest BCUT2D eigenvalue weighted by Crippen LogP contribution is 2.25. The van der Waals surface area contributed by atoms with Crippen LogP contribution in [0.3, 0.4) is 0 Å². The van der Waals surface area contributed by atoms with Crippen molar-refractivity contribution in [3.63, 3.8) is 0 Å². The third-order valence-electron chi connectivity index (χ3n) is 5.74. The molecule has 7 heteroatoms. The van der Waals surface area contributed by atoms with Crippen LogP contribution in [-0.2, 0) is 6.42 Å². The number of nitrogens with zero attached hydrogens (tertiary/aromatic N) is 3. The Morgan fingerprint density at radius 1 is 1.06 bits per heavy atom. The van der Waals surface area contributed by atoms with Crippen LogP contribution in [0.15, 0.2) is 83.9 Å². The lowest BCUT2D eigenvalue weighted by Gasteiger charge is -2.20. The van der Waals surface area contributed by atoms with Gasteiger partial charge in [0.1, 0.15) is 5.82 Å². The average Bonchev–Trinajstić information content (AvgIpc) is 2.84. The minimum absolute atomic E-state index is 0.00843. The number of aromatic amines is 1. The van der Waals surface area contributed by atoms with Gasteiger partial charge >= 0.3 is 0 Å². The van der Waals surface area contributed by atoms with E-state index in [9.17, 15) is 4.79 Å². The fourth-order valence-corrected chi connectivity index (χ4v) is 3.86. The summed E-state index contributed by atoms with van der Waals surface area (Å²) in [7, 11) is 1.91. The van der Waals surface area contributed by atoms with Gasteiger partial charge in [0.15, 0.2) is 0 Å². The van der Waals surface area contributed by atoms with Gasteiger partial charge in [0.2, 0.25) is 5.95 Å². The van der Waals surface area contributed by atoms with Crippen LogP contribution in [-0.4, -0.2) is 28.0 Å². The normalized spacial score (nSPS) is 12.7. The predicted molar refractivity (Wildman–Crippen MR) is 138 cm³/mol. The van der Waals surface area contributed by atoms with E-state index in [4.69, 9.17) is 10.7 Å². The molecule has 0 bridgehead atoms. The summed E-state index contributed by atoms with van der Waals surface area (Å²) in [6.45, 7) is 4.09.